The smallest absolute Gasteiger partial charge is 0.383 e. The molecule has 3 aromatic rings. The number of rotatable bonds is 9. The third-order valence-electron chi connectivity index (χ3n) is 5.75. The van der Waals surface area contributed by atoms with Crippen LogP contribution in [-0.4, -0.2) is 55.2 Å². The number of carbonyl (C=O) groups excluding carboxylic acids is 1. The molecule has 1 heterocycles. The van der Waals surface area contributed by atoms with Gasteiger partial charge in [-0.1, -0.05) is 45.0 Å². The number of para-hydroxylation sites is 1. The molecule has 0 aliphatic heterocycles. The first-order valence-electron chi connectivity index (χ1n) is 11.8. The fourth-order valence-corrected chi connectivity index (χ4v) is 5.05. The van der Waals surface area contributed by atoms with E-state index in [0.29, 0.717) is 17.6 Å². The average molecular weight is 553 g/mol. The molecule has 0 aliphatic carbocycles. The van der Waals surface area contributed by atoms with Crippen molar-refractivity contribution in [3.8, 4) is 5.69 Å². The molecule has 1 amide bonds. The van der Waals surface area contributed by atoms with Gasteiger partial charge in [0.05, 0.1) is 35.0 Å². The summed E-state index contributed by atoms with van der Waals surface area (Å²) >= 11 is 0. The van der Waals surface area contributed by atoms with E-state index < -0.39 is 39.1 Å². The molecular weight excluding hydrogens is 521 g/mol. The maximum atomic E-state index is 13.3. The van der Waals surface area contributed by atoms with Crippen LogP contribution in [0.25, 0.3) is 5.69 Å². The molecule has 206 valence electrons. The molecule has 0 saturated carbocycles. The Morgan fingerprint density at radius 2 is 1.76 bits per heavy atom. The molecule has 1 N–H and O–H groups in total. The SMILES string of the molecule is COCCN(CC(=O)Nc1cc(C(C)(C)C)nn1-c1ccccc1C)S(=O)(=O)c1cccc(C(F)(F)F)c1. The van der Waals surface area contributed by atoms with E-state index in [9.17, 15) is 26.4 Å². The summed E-state index contributed by atoms with van der Waals surface area (Å²) in [7, 11) is -3.11. The number of carbonyl (C=O) groups is 1. The highest BCUT2D eigenvalue weighted by Crippen LogP contribution is 2.31. The molecule has 0 fully saturated rings. The molecule has 2 aromatic carbocycles. The van der Waals surface area contributed by atoms with E-state index in [4.69, 9.17) is 4.74 Å². The van der Waals surface area contributed by atoms with Crippen LogP contribution in [0.2, 0.25) is 0 Å². The molecule has 8 nitrogen and oxygen atoms in total. The molecular formula is C26H31F3N4O4S. The molecule has 12 heteroatoms. The van der Waals surface area contributed by atoms with E-state index in [-0.39, 0.29) is 18.6 Å². The Balaban J connectivity index is 1.94. The number of sulfonamides is 1. The number of nitrogens with one attached hydrogen (secondary N) is 1. The van der Waals surface area contributed by atoms with Crippen molar-refractivity contribution >= 4 is 21.7 Å². The van der Waals surface area contributed by atoms with Crippen molar-refractivity contribution in [3.05, 3.63) is 71.4 Å². The highest BCUT2D eigenvalue weighted by atomic mass is 32.2. The van der Waals surface area contributed by atoms with E-state index in [2.05, 4.69) is 10.4 Å². The number of aryl methyl sites for hydroxylation is 1. The molecule has 0 aliphatic rings. The molecule has 0 saturated heterocycles. The maximum absolute atomic E-state index is 13.3. The number of hydrogen-bond donors (Lipinski definition) is 1. The van der Waals surface area contributed by atoms with Gasteiger partial charge < -0.3 is 10.1 Å². The topological polar surface area (TPSA) is 93.5 Å². The average Bonchev–Trinajstić information content (AvgIpc) is 3.25. The monoisotopic (exact) mass is 552 g/mol. The van der Waals surface area contributed by atoms with Crippen LogP contribution < -0.4 is 5.32 Å². The minimum Gasteiger partial charge on any atom is -0.383 e. The summed E-state index contributed by atoms with van der Waals surface area (Å²) in [5, 5.41) is 7.40. The second-order valence-electron chi connectivity index (χ2n) is 9.77. The molecule has 0 radical (unpaired) electrons. The quantitative estimate of drug-likeness (QED) is 0.413. The first kappa shape index (κ1) is 29.3. The Hall–Kier alpha value is -3.22. The molecule has 1 aromatic heterocycles. The number of amides is 1. The normalized spacial score (nSPS) is 12.7. The third kappa shape index (κ3) is 6.80. The van der Waals surface area contributed by atoms with E-state index in [1.807, 2.05) is 52.0 Å². The molecule has 38 heavy (non-hydrogen) atoms. The Bertz CT molecular complexity index is 1400. The van der Waals surface area contributed by atoms with Crippen LogP contribution in [0.15, 0.2) is 59.5 Å². The summed E-state index contributed by atoms with van der Waals surface area (Å²) in [6.07, 6.45) is -4.72. The van der Waals surface area contributed by atoms with Gasteiger partial charge in [0.1, 0.15) is 5.82 Å². The van der Waals surface area contributed by atoms with Crippen LogP contribution in [0, 0.1) is 6.92 Å². The lowest BCUT2D eigenvalue weighted by atomic mass is 9.92. The summed E-state index contributed by atoms with van der Waals surface area (Å²) in [5.74, 6) is -0.357. The summed E-state index contributed by atoms with van der Waals surface area (Å²) < 4.78 is 73.5. The van der Waals surface area contributed by atoms with Gasteiger partial charge in [-0.2, -0.15) is 22.6 Å². The first-order valence-corrected chi connectivity index (χ1v) is 13.2. The second kappa shape index (κ2) is 11.3. The van der Waals surface area contributed by atoms with Crippen molar-refractivity contribution in [1.82, 2.24) is 14.1 Å². The number of aromatic nitrogens is 2. The Morgan fingerprint density at radius 3 is 2.37 bits per heavy atom. The zero-order valence-electron chi connectivity index (χ0n) is 21.8. The van der Waals surface area contributed by atoms with Crippen molar-refractivity contribution in [3.63, 3.8) is 0 Å². The van der Waals surface area contributed by atoms with Crippen LogP contribution in [0.4, 0.5) is 19.0 Å². The van der Waals surface area contributed by atoms with Crippen molar-refractivity contribution in [1.29, 1.82) is 0 Å². The summed E-state index contributed by atoms with van der Waals surface area (Å²) in [6.45, 7) is 6.85. The standard InChI is InChI=1S/C26H31F3N4O4S/c1-18-9-6-7-12-21(18)33-23(16-22(31-33)25(2,3)4)30-24(34)17-32(13-14-37-5)38(35,36)20-11-8-10-19(15-20)26(27,28)29/h6-12,15-16H,13-14,17H2,1-5H3,(H,30,34). The Morgan fingerprint density at radius 1 is 1.08 bits per heavy atom. The predicted molar refractivity (Wildman–Crippen MR) is 138 cm³/mol. The van der Waals surface area contributed by atoms with E-state index >= 15 is 0 Å². The lowest BCUT2D eigenvalue weighted by Gasteiger charge is -2.22. The van der Waals surface area contributed by atoms with Crippen LogP contribution in [-0.2, 0) is 31.1 Å². The van der Waals surface area contributed by atoms with E-state index in [1.54, 1.807) is 10.7 Å². The largest absolute Gasteiger partial charge is 0.416 e. The third-order valence-corrected chi connectivity index (χ3v) is 7.59. The highest BCUT2D eigenvalue weighted by Gasteiger charge is 2.33. The number of alkyl halides is 3. The first-order chi connectivity index (χ1) is 17.6. The van der Waals surface area contributed by atoms with Gasteiger partial charge in [-0.15, -0.1) is 0 Å². The summed E-state index contributed by atoms with van der Waals surface area (Å²) in [6, 6.07) is 12.6. The minimum atomic E-state index is -4.72. The maximum Gasteiger partial charge on any atom is 0.416 e. The number of hydrogen-bond acceptors (Lipinski definition) is 5. The van der Waals surface area contributed by atoms with Crippen molar-refractivity contribution in [2.75, 3.05) is 32.1 Å². The Kier molecular flexibility index (Phi) is 8.69. The van der Waals surface area contributed by atoms with E-state index in [1.165, 1.54) is 7.11 Å². The molecule has 0 unspecified atom stereocenters. The van der Waals surface area contributed by atoms with Gasteiger partial charge >= 0.3 is 6.18 Å². The van der Waals surface area contributed by atoms with Crippen LogP contribution in [0.1, 0.15) is 37.6 Å². The van der Waals surface area contributed by atoms with Gasteiger partial charge in [0.15, 0.2) is 0 Å². The molecule has 0 spiro atoms. The van der Waals surface area contributed by atoms with Crippen molar-refractivity contribution in [2.45, 2.75) is 44.2 Å². The van der Waals surface area contributed by atoms with Crippen molar-refractivity contribution in [2.24, 2.45) is 0 Å². The van der Waals surface area contributed by atoms with Gasteiger partial charge in [-0.3, -0.25) is 4.79 Å². The molecule has 0 atom stereocenters. The fourth-order valence-electron chi connectivity index (χ4n) is 3.62. The van der Waals surface area contributed by atoms with Crippen LogP contribution >= 0.6 is 0 Å². The number of methoxy groups -OCH3 is 1. The van der Waals surface area contributed by atoms with Gasteiger partial charge in [-0.25, -0.2) is 13.1 Å². The van der Waals surface area contributed by atoms with Gasteiger partial charge in [0.25, 0.3) is 0 Å². The molecule has 0 bridgehead atoms. The second-order valence-corrected chi connectivity index (χ2v) is 11.7. The number of benzene rings is 2. The van der Waals surface area contributed by atoms with Gasteiger partial charge in [0, 0.05) is 25.1 Å². The van der Waals surface area contributed by atoms with Gasteiger partial charge in [0.2, 0.25) is 15.9 Å². The predicted octanol–water partition coefficient (Wildman–Crippen LogP) is 4.77. The summed E-state index contributed by atoms with van der Waals surface area (Å²) in [5.41, 5.74) is 0.882. The number of halogens is 3. The zero-order valence-corrected chi connectivity index (χ0v) is 22.7. The van der Waals surface area contributed by atoms with E-state index in [0.717, 1.165) is 33.8 Å². The fraction of sp³-hybridized carbons (Fsp3) is 0.385. The summed E-state index contributed by atoms with van der Waals surface area (Å²) in [4.78, 5) is 12.6. The van der Waals surface area contributed by atoms with Crippen LogP contribution in [0.5, 0.6) is 0 Å². The highest BCUT2D eigenvalue weighted by molar-refractivity contribution is 7.89. The number of nitrogens with zero attached hydrogens (tertiary/aromatic N) is 3. The zero-order chi connectivity index (χ0) is 28.3. The van der Waals surface area contributed by atoms with Gasteiger partial charge in [-0.05, 0) is 36.8 Å². The lowest BCUT2D eigenvalue weighted by molar-refractivity contribution is -0.137. The molecule has 3 rings (SSSR count). The number of ether oxygens (including phenoxy) is 1. The van der Waals surface area contributed by atoms with Crippen molar-refractivity contribution < 1.29 is 31.1 Å². The number of anilines is 1. The Labute approximate surface area is 220 Å². The van der Waals surface area contributed by atoms with Crippen LogP contribution in [0.3, 0.4) is 0 Å². The minimum absolute atomic E-state index is 0.0687. The lowest BCUT2D eigenvalue weighted by Crippen LogP contribution is -2.40.